The van der Waals surface area contributed by atoms with Gasteiger partial charge in [0.25, 0.3) is 0 Å². The number of nitrogen functional groups attached to an aromatic ring is 1. The van der Waals surface area contributed by atoms with Crippen molar-refractivity contribution < 1.29 is 32.3 Å². The second-order valence-corrected chi connectivity index (χ2v) is 8.79. The number of aromatic nitrogens is 3. The molecule has 10 nitrogen and oxygen atoms in total. The maximum Gasteiger partial charge on any atom is 0.387 e. The molecule has 0 spiro atoms. The van der Waals surface area contributed by atoms with Gasteiger partial charge in [0.15, 0.2) is 5.82 Å². The first-order valence-corrected chi connectivity index (χ1v) is 12.2. The molecule has 0 saturated heterocycles. The number of ether oxygens (including phenoxy) is 2. The zero-order chi connectivity index (χ0) is 25.7. The van der Waals surface area contributed by atoms with Crippen LogP contribution in [0.15, 0.2) is 57.6 Å². The van der Waals surface area contributed by atoms with E-state index in [1.807, 2.05) is 0 Å². The molecule has 0 fully saturated rings. The number of hydrogen-bond donors (Lipinski definition) is 2. The molecule has 3 heterocycles. The number of hydrogen-bond acceptors (Lipinski definition) is 10. The number of alkyl halides is 2. The van der Waals surface area contributed by atoms with E-state index in [2.05, 4.69) is 20.3 Å². The standard InChI is InChI=1S/C22H19F2N5O5S2/c1-2-32-20(31)17-14(15-4-3-9-33-15)10-35-19(17)26-16(30)11-36-22-28-27-18(29(22)25)12-5-7-13(8-6-12)34-21(23)24/h3-10,21H,2,11,25H2,1H3,(H,26,30). The second-order valence-electron chi connectivity index (χ2n) is 6.97. The van der Waals surface area contributed by atoms with E-state index >= 15 is 0 Å². The molecule has 0 aliphatic rings. The van der Waals surface area contributed by atoms with Crippen LogP contribution in [0.25, 0.3) is 22.7 Å². The molecule has 1 aromatic carbocycles. The molecule has 3 N–H and O–H groups in total. The zero-order valence-corrected chi connectivity index (χ0v) is 20.3. The Morgan fingerprint density at radius 2 is 2.03 bits per heavy atom. The highest BCUT2D eigenvalue weighted by Gasteiger charge is 2.24. The number of nitrogens with one attached hydrogen (secondary N) is 1. The van der Waals surface area contributed by atoms with Gasteiger partial charge in [-0.2, -0.15) is 8.78 Å². The molecule has 1 amide bonds. The van der Waals surface area contributed by atoms with E-state index in [-0.39, 0.29) is 34.7 Å². The number of thioether (sulfide) groups is 1. The Morgan fingerprint density at radius 1 is 1.25 bits per heavy atom. The molecule has 3 aromatic heterocycles. The Balaban J connectivity index is 1.43. The third-order valence-corrected chi connectivity index (χ3v) is 6.48. The van der Waals surface area contributed by atoms with E-state index in [4.69, 9.17) is 15.0 Å². The van der Waals surface area contributed by atoms with Gasteiger partial charge in [-0.3, -0.25) is 4.79 Å². The number of amides is 1. The fourth-order valence-corrected chi connectivity index (χ4v) is 4.73. The van der Waals surface area contributed by atoms with Crippen molar-refractivity contribution in [1.29, 1.82) is 0 Å². The van der Waals surface area contributed by atoms with Gasteiger partial charge in [-0.15, -0.1) is 21.5 Å². The van der Waals surface area contributed by atoms with Crippen LogP contribution in [-0.4, -0.2) is 45.7 Å². The highest BCUT2D eigenvalue weighted by Crippen LogP contribution is 2.36. The van der Waals surface area contributed by atoms with Crippen molar-refractivity contribution in [2.45, 2.75) is 18.7 Å². The monoisotopic (exact) mass is 535 g/mol. The third-order valence-electron chi connectivity index (χ3n) is 4.64. The lowest BCUT2D eigenvalue weighted by molar-refractivity contribution is -0.113. The molecule has 0 atom stereocenters. The molecule has 0 aliphatic heterocycles. The maximum atomic E-state index is 12.7. The van der Waals surface area contributed by atoms with Crippen LogP contribution in [0.3, 0.4) is 0 Å². The van der Waals surface area contributed by atoms with Crippen LogP contribution >= 0.6 is 23.1 Å². The summed E-state index contributed by atoms with van der Waals surface area (Å²) in [6.45, 7) is -1.07. The summed E-state index contributed by atoms with van der Waals surface area (Å²) in [5.41, 5.74) is 1.24. The Hall–Kier alpha value is -3.91. The van der Waals surface area contributed by atoms with Gasteiger partial charge in [0, 0.05) is 16.5 Å². The van der Waals surface area contributed by atoms with Gasteiger partial charge in [-0.05, 0) is 43.3 Å². The predicted octanol–water partition coefficient (Wildman–Crippen LogP) is 4.49. The van der Waals surface area contributed by atoms with Crippen molar-refractivity contribution in [1.82, 2.24) is 14.9 Å². The van der Waals surface area contributed by atoms with Crippen LogP contribution in [-0.2, 0) is 9.53 Å². The van der Waals surface area contributed by atoms with Crippen molar-refractivity contribution in [3.05, 3.63) is 53.6 Å². The number of anilines is 1. The summed E-state index contributed by atoms with van der Waals surface area (Å²) in [5, 5.41) is 13.0. The van der Waals surface area contributed by atoms with Crippen molar-refractivity contribution in [2.75, 3.05) is 23.5 Å². The molecule has 0 aliphatic carbocycles. The van der Waals surface area contributed by atoms with Crippen molar-refractivity contribution in [2.24, 2.45) is 0 Å². The predicted molar refractivity (Wildman–Crippen MR) is 130 cm³/mol. The quantitative estimate of drug-likeness (QED) is 0.171. The summed E-state index contributed by atoms with van der Waals surface area (Å²) < 4.78 is 40.7. The van der Waals surface area contributed by atoms with E-state index in [9.17, 15) is 18.4 Å². The first kappa shape index (κ1) is 25.2. The summed E-state index contributed by atoms with van der Waals surface area (Å²) in [6, 6.07) is 9.13. The molecule has 0 radical (unpaired) electrons. The fraction of sp³-hybridized carbons (Fsp3) is 0.182. The molecule has 4 rings (SSSR count). The lowest BCUT2D eigenvalue weighted by Crippen LogP contribution is -2.17. The summed E-state index contributed by atoms with van der Waals surface area (Å²) >= 11 is 2.20. The fourth-order valence-electron chi connectivity index (χ4n) is 3.12. The van der Waals surface area contributed by atoms with E-state index in [1.54, 1.807) is 24.4 Å². The Morgan fingerprint density at radius 3 is 2.69 bits per heavy atom. The smallest absolute Gasteiger partial charge is 0.387 e. The molecule has 14 heteroatoms. The molecule has 0 saturated carbocycles. The van der Waals surface area contributed by atoms with Gasteiger partial charge in [0.1, 0.15) is 22.1 Å². The van der Waals surface area contributed by atoms with Gasteiger partial charge in [0.05, 0.1) is 18.6 Å². The number of halogens is 2. The van der Waals surface area contributed by atoms with Gasteiger partial charge < -0.3 is 25.1 Å². The minimum Gasteiger partial charge on any atom is -0.464 e. The number of carbonyl (C=O) groups excluding carboxylic acids is 2. The average Bonchev–Trinajstić information content (AvgIpc) is 3.58. The third kappa shape index (κ3) is 5.66. The van der Waals surface area contributed by atoms with Crippen LogP contribution in [0.5, 0.6) is 5.75 Å². The summed E-state index contributed by atoms with van der Waals surface area (Å²) in [7, 11) is 0. The molecular formula is C22H19F2N5O5S2. The number of carbonyl (C=O) groups is 2. The Bertz CT molecular complexity index is 1340. The van der Waals surface area contributed by atoms with Crippen LogP contribution in [0.4, 0.5) is 13.8 Å². The lowest BCUT2D eigenvalue weighted by Gasteiger charge is -2.08. The van der Waals surface area contributed by atoms with Crippen molar-refractivity contribution in [3.63, 3.8) is 0 Å². The molecule has 188 valence electrons. The highest BCUT2D eigenvalue weighted by atomic mass is 32.2. The minimum absolute atomic E-state index is 0.00549. The van der Waals surface area contributed by atoms with Gasteiger partial charge in [-0.25, -0.2) is 9.47 Å². The van der Waals surface area contributed by atoms with Crippen LogP contribution in [0, 0.1) is 0 Å². The number of nitrogens with two attached hydrogens (primary N) is 1. The van der Waals surface area contributed by atoms with E-state index in [0.29, 0.717) is 21.9 Å². The number of thiophene rings is 1. The molecule has 0 bridgehead atoms. The first-order chi connectivity index (χ1) is 17.4. The van der Waals surface area contributed by atoms with Crippen molar-refractivity contribution in [3.8, 4) is 28.5 Å². The lowest BCUT2D eigenvalue weighted by atomic mass is 10.1. The van der Waals surface area contributed by atoms with Gasteiger partial charge in [0.2, 0.25) is 11.1 Å². The van der Waals surface area contributed by atoms with Gasteiger partial charge >= 0.3 is 12.6 Å². The summed E-state index contributed by atoms with van der Waals surface area (Å²) in [6.07, 6.45) is 1.49. The van der Waals surface area contributed by atoms with Crippen molar-refractivity contribution >= 4 is 40.0 Å². The number of rotatable bonds is 10. The first-order valence-electron chi connectivity index (χ1n) is 10.4. The second kappa shape index (κ2) is 11.2. The molecular weight excluding hydrogens is 516 g/mol. The zero-order valence-electron chi connectivity index (χ0n) is 18.6. The normalized spacial score (nSPS) is 11.0. The number of nitrogens with zero attached hydrogens (tertiary/aromatic N) is 3. The Kier molecular flexibility index (Phi) is 7.85. The summed E-state index contributed by atoms with van der Waals surface area (Å²) in [4.78, 5) is 25.2. The SMILES string of the molecule is CCOC(=O)c1c(-c2ccco2)csc1NC(=O)CSc1nnc(-c2ccc(OC(F)F)cc2)n1N. The minimum atomic E-state index is -2.93. The molecule has 4 aromatic rings. The number of benzene rings is 1. The van der Waals surface area contributed by atoms with E-state index < -0.39 is 18.5 Å². The van der Waals surface area contributed by atoms with E-state index in [0.717, 1.165) is 11.8 Å². The largest absolute Gasteiger partial charge is 0.464 e. The van der Waals surface area contributed by atoms with Gasteiger partial charge in [-0.1, -0.05) is 11.8 Å². The molecule has 36 heavy (non-hydrogen) atoms. The van der Waals surface area contributed by atoms with Crippen LogP contribution < -0.4 is 15.9 Å². The topological polar surface area (TPSA) is 134 Å². The molecule has 0 unspecified atom stereocenters. The Labute approximate surface area is 211 Å². The number of furan rings is 1. The van der Waals surface area contributed by atoms with Crippen LogP contribution in [0.2, 0.25) is 0 Å². The summed E-state index contributed by atoms with van der Waals surface area (Å²) in [5.74, 6) is 5.74. The average molecular weight is 536 g/mol. The highest BCUT2D eigenvalue weighted by molar-refractivity contribution is 7.99. The van der Waals surface area contributed by atoms with Crippen LogP contribution in [0.1, 0.15) is 17.3 Å². The maximum absolute atomic E-state index is 12.7. The number of esters is 1. The van der Waals surface area contributed by atoms with E-state index in [1.165, 1.54) is 46.5 Å².